The van der Waals surface area contributed by atoms with E-state index in [2.05, 4.69) is 16.5 Å². The van der Waals surface area contributed by atoms with Gasteiger partial charge < -0.3 is 19.5 Å². The van der Waals surface area contributed by atoms with Gasteiger partial charge in [-0.3, -0.25) is 4.79 Å². The van der Waals surface area contributed by atoms with E-state index < -0.39 is 0 Å². The lowest BCUT2D eigenvalue weighted by Gasteiger charge is -2.50. The van der Waals surface area contributed by atoms with E-state index in [1.54, 1.807) is 0 Å². The molecule has 2 atom stereocenters. The van der Waals surface area contributed by atoms with E-state index in [9.17, 15) is 9.90 Å². The molecule has 0 saturated carbocycles. The third-order valence-corrected chi connectivity index (χ3v) is 5.98. The van der Waals surface area contributed by atoms with Gasteiger partial charge in [-0.15, -0.1) is 0 Å². The molecule has 128 valence electrons. The van der Waals surface area contributed by atoms with Gasteiger partial charge in [0, 0.05) is 50.0 Å². The maximum atomic E-state index is 13.0. The van der Waals surface area contributed by atoms with Crippen LogP contribution < -0.4 is 0 Å². The number of hydrogen-bond acceptors (Lipinski definition) is 3. The first-order valence-corrected chi connectivity index (χ1v) is 8.63. The van der Waals surface area contributed by atoms with Crippen LogP contribution in [-0.2, 0) is 7.05 Å². The molecular weight excluding hydrogens is 290 g/mol. The summed E-state index contributed by atoms with van der Waals surface area (Å²) in [5, 5.41) is 10.6. The number of hydrogen-bond donors (Lipinski definition) is 1. The molecule has 3 rings (SSSR count). The molecule has 1 N–H and O–H groups in total. The maximum Gasteiger partial charge on any atom is 0.255 e. The van der Waals surface area contributed by atoms with Crippen LogP contribution in [0.2, 0.25) is 0 Å². The summed E-state index contributed by atoms with van der Waals surface area (Å²) in [6, 6.07) is 1.99. The summed E-state index contributed by atoms with van der Waals surface area (Å²) in [7, 11) is 4.11. The Morgan fingerprint density at radius 2 is 2.00 bits per heavy atom. The van der Waals surface area contributed by atoms with Gasteiger partial charge in [0.25, 0.3) is 5.91 Å². The Morgan fingerprint density at radius 1 is 1.26 bits per heavy atom. The number of aliphatic hydroxyl groups is 1. The van der Waals surface area contributed by atoms with Crippen molar-refractivity contribution in [2.24, 2.45) is 12.5 Å². The molecule has 3 heterocycles. The van der Waals surface area contributed by atoms with Crippen LogP contribution in [0.15, 0.2) is 6.07 Å². The molecule has 5 nitrogen and oxygen atoms in total. The van der Waals surface area contributed by atoms with Gasteiger partial charge in [0.1, 0.15) is 0 Å². The van der Waals surface area contributed by atoms with E-state index in [0.717, 1.165) is 55.8 Å². The number of aryl methyl sites for hydroxylation is 1. The number of carbonyl (C=O) groups is 1. The fraction of sp³-hybridized carbons (Fsp3) is 0.722. The summed E-state index contributed by atoms with van der Waals surface area (Å²) in [5.74, 6) is 0.116. The van der Waals surface area contributed by atoms with Crippen molar-refractivity contribution in [1.29, 1.82) is 0 Å². The van der Waals surface area contributed by atoms with Crippen LogP contribution in [0.25, 0.3) is 0 Å². The van der Waals surface area contributed by atoms with Crippen molar-refractivity contribution >= 4 is 5.91 Å². The topological polar surface area (TPSA) is 48.7 Å². The van der Waals surface area contributed by atoms with E-state index >= 15 is 0 Å². The molecule has 1 spiro atoms. The Labute approximate surface area is 138 Å². The first-order valence-electron chi connectivity index (χ1n) is 8.63. The molecule has 2 fully saturated rings. The van der Waals surface area contributed by atoms with Crippen molar-refractivity contribution in [3.63, 3.8) is 0 Å². The third-order valence-electron chi connectivity index (χ3n) is 5.98. The molecule has 1 aromatic rings. The van der Waals surface area contributed by atoms with Crippen molar-refractivity contribution in [1.82, 2.24) is 14.4 Å². The standard InChI is InChI=1S/C18H29N3O2/c1-13-10-15(14(2)20(13)4)17(23)21-8-5-7-18(12-21)11-19(3)9-6-16(18)22/h10,16,22H,5-9,11-12H2,1-4H3/t16-,18-/m0/s1. The number of piperidine rings is 2. The zero-order chi connectivity index (χ0) is 16.8. The quantitative estimate of drug-likeness (QED) is 0.855. The molecule has 2 aliphatic heterocycles. The molecule has 0 aromatic carbocycles. The number of nitrogens with zero attached hydrogens (tertiary/aromatic N) is 3. The van der Waals surface area contributed by atoms with Gasteiger partial charge in [-0.1, -0.05) is 0 Å². The summed E-state index contributed by atoms with van der Waals surface area (Å²) in [6.45, 7) is 7.32. The molecule has 0 unspecified atom stereocenters. The highest BCUT2D eigenvalue weighted by Crippen LogP contribution is 2.39. The minimum Gasteiger partial charge on any atom is -0.392 e. The lowest BCUT2D eigenvalue weighted by atomic mass is 9.71. The van der Waals surface area contributed by atoms with Crippen LogP contribution in [0.1, 0.15) is 41.0 Å². The largest absolute Gasteiger partial charge is 0.392 e. The number of likely N-dealkylation sites (tertiary alicyclic amines) is 2. The van der Waals surface area contributed by atoms with Crippen LogP contribution in [0.4, 0.5) is 0 Å². The van der Waals surface area contributed by atoms with Gasteiger partial charge in [-0.2, -0.15) is 0 Å². The average molecular weight is 319 g/mol. The van der Waals surface area contributed by atoms with E-state index in [1.807, 2.05) is 31.9 Å². The maximum absolute atomic E-state index is 13.0. The minimum absolute atomic E-state index is 0.116. The predicted octanol–water partition coefficient (Wildman–Crippen LogP) is 1.56. The summed E-state index contributed by atoms with van der Waals surface area (Å²) < 4.78 is 2.07. The Balaban J connectivity index is 1.83. The Morgan fingerprint density at radius 3 is 2.65 bits per heavy atom. The van der Waals surface area contributed by atoms with Crippen molar-refractivity contribution in [2.45, 2.75) is 39.2 Å². The van der Waals surface area contributed by atoms with Crippen LogP contribution in [0, 0.1) is 19.3 Å². The summed E-state index contributed by atoms with van der Waals surface area (Å²) in [5.41, 5.74) is 2.78. The second kappa shape index (κ2) is 5.95. The molecular formula is C18H29N3O2. The second-order valence-corrected chi connectivity index (χ2v) is 7.58. The number of rotatable bonds is 1. The Hall–Kier alpha value is -1.33. The third kappa shape index (κ3) is 2.81. The van der Waals surface area contributed by atoms with Crippen LogP contribution in [0.5, 0.6) is 0 Å². The Bertz CT molecular complexity index is 610. The highest BCUT2D eigenvalue weighted by molar-refractivity contribution is 5.95. The lowest BCUT2D eigenvalue weighted by Crippen LogP contribution is -2.59. The molecule has 1 amide bonds. The molecule has 0 bridgehead atoms. The zero-order valence-corrected chi connectivity index (χ0v) is 14.8. The number of aliphatic hydroxyl groups excluding tert-OH is 1. The second-order valence-electron chi connectivity index (χ2n) is 7.58. The summed E-state index contributed by atoms with van der Waals surface area (Å²) in [6.07, 6.45) is 2.49. The average Bonchev–Trinajstić information content (AvgIpc) is 2.78. The molecule has 2 aliphatic rings. The molecule has 2 saturated heterocycles. The fourth-order valence-electron chi connectivity index (χ4n) is 4.35. The van der Waals surface area contributed by atoms with E-state index in [-0.39, 0.29) is 17.4 Å². The predicted molar refractivity (Wildman–Crippen MR) is 90.6 cm³/mol. The van der Waals surface area contributed by atoms with Gasteiger partial charge in [0.2, 0.25) is 0 Å². The Kier molecular flexibility index (Phi) is 4.27. The summed E-state index contributed by atoms with van der Waals surface area (Å²) in [4.78, 5) is 17.3. The van der Waals surface area contributed by atoms with Crippen LogP contribution >= 0.6 is 0 Å². The van der Waals surface area contributed by atoms with Crippen LogP contribution in [-0.4, -0.2) is 64.7 Å². The van der Waals surface area contributed by atoms with Gasteiger partial charge in [0.05, 0.1) is 11.7 Å². The monoisotopic (exact) mass is 319 g/mol. The van der Waals surface area contributed by atoms with E-state index in [0.29, 0.717) is 6.54 Å². The molecule has 1 aromatic heterocycles. The number of aromatic nitrogens is 1. The fourth-order valence-corrected chi connectivity index (χ4v) is 4.35. The molecule has 0 aliphatic carbocycles. The van der Waals surface area contributed by atoms with E-state index in [4.69, 9.17) is 0 Å². The summed E-state index contributed by atoms with van der Waals surface area (Å²) >= 11 is 0. The van der Waals surface area contributed by atoms with Crippen molar-refractivity contribution < 1.29 is 9.90 Å². The molecule has 5 heteroatoms. The minimum atomic E-state index is -0.298. The van der Waals surface area contributed by atoms with E-state index in [1.165, 1.54) is 0 Å². The van der Waals surface area contributed by atoms with Gasteiger partial charge in [-0.05, 0) is 46.2 Å². The first-order chi connectivity index (χ1) is 10.8. The highest BCUT2D eigenvalue weighted by Gasteiger charge is 2.45. The molecule has 0 radical (unpaired) electrons. The van der Waals surface area contributed by atoms with Gasteiger partial charge >= 0.3 is 0 Å². The number of amides is 1. The molecule has 23 heavy (non-hydrogen) atoms. The van der Waals surface area contributed by atoms with Crippen molar-refractivity contribution in [3.8, 4) is 0 Å². The smallest absolute Gasteiger partial charge is 0.255 e. The normalized spacial score (nSPS) is 29.3. The number of carbonyl (C=O) groups excluding carboxylic acids is 1. The first kappa shape index (κ1) is 16.5. The van der Waals surface area contributed by atoms with Crippen molar-refractivity contribution in [2.75, 3.05) is 33.2 Å². The van der Waals surface area contributed by atoms with Crippen LogP contribution in [0.3, 0.4) is 0 Å². The lowest BCUT2D eigenvalue weighted by molar-refractivity contribution is -0.0731. The van der Waals surface area contributed by atoms with Gasteiger partial charge in [0.15, 0.2) is 0 Å². The SMILES string of the molecule is Cc1cc(C(=O)N2CCC[C@]3(CN(C)CC[C@@H]3O)C2)c(C)n1C. The van der Waals surface area contributed by atoms with Gasteiger partial charge in [-0.25, -0.2) is 0 Å². The zero-order valence-electron chi connectivity index (χ0n) is 14.8. The highest BCUT2D eigenvalue weighted by atomic mass is 16.3. The van der Waals surface area contributed by atoms with Crippen molar-refractivity contribution in [3.05, 3.63) is 23.0 Å².